The highest BCUT2D eigenvalue weighted by Gasteiger charge is 2.21. The van der Waals surface area contributed by atoms with Crippen molar-refractivity contribution >= 4 is 40.9 Å². The molecular weight excluding hydrogens is 367 g/mol. The molecule has 1 aromatic heterocycles. The summed E-state index contributed by atoms with van der Waals surface area (Å²) in [4.78, 5) is 12.5. The highest BCUT2D eigenvalue weighted by Crippen LogP contribution is 2.27. The van der Waals surface area contributed by atoms with Crippen molar-refractivity contribution in [1.82, 2.24) is 20.1 Å². The van der Waals surface area contributed by atoms with Crippen LogP contribution in [-0.2, 0) is 4.79 Å². The van der Waals surface area contributed by atoms with Crippen molar-refractivity contribution in [1.29, 1.82) is 0 Å². The van der Waals surface area contributed by atoms with Gasteiger partial charge in [0.05, 0.1) is 11.3 Å². The first kappa shape index (κ1) is 19.1. The van der Waals surface area contributed by atoms with E-state index in [9.17, 15) is 4.79 Å². The molecule has 0 spiro atoms. The molecular formula is C16H20Cl2N4OS. The number of halogens is 2. The van der Waals surface area contributed by atoms with Crippen molar-refractivity contribution in [2.75, 3.05) is 0 Å². The number of hydrogen-bond donors (Lipinski definition) is 1. The number of carbonyl (C=O) groups excluding carboxylic acids is 1. The lowest BCUT2D eigenvalue weighted by Gasteiger charge is -2.19. The zero-order valence-corrected chi connectivity index (χ0v) is 16.3. The van der Waals surface area contributed by atoms with E-state index in [-0.39, 0.29) is 23.2 Å². The predicted molar refractivity (Wildman–Crippen MR) is 98.7 cm³/mol. The molecule has 1 heterocycles. The standard InChI is InChI=1S/C16H20Cl2N4OS/c1-9(2)22-8-19-21-16(22)24-11(4)15(23)20-10(3)13-6-5-12(17)7-14(13)18/h5-11H,1-4H3,(H,20,23)/t10-,11-/m0/s1. The number of carbonyl (C=O) groups is 1. The molecule has 8 heteroatoms. The normalized spacial score (nSPS) is 13.8. The van der Waals surface area contributed by atoms with Crippen LogP contribution in [0.25, 0.3) is 0 Å². The Hall–Kier alpha value is -1.24. The largest absolute Gasteiger partial charge is 0.349 e. The van der Waals surface area contributed by atoms with E-state index >= 15 is 0 Å². The van der Waals surface area contributed by atoms with Gasteiger partial charge in [0.1, 0.15) is 6.33 Å². The first-order valence-corrected chi connectivity index (χ1v) is 9.24. The highest BCUT2D eigenvalue weighted by atomic mass is 35.5. The van der Waals surface area contributed by atoms with Crippen molar-refractivity contribution in [3.63, 3.8) is 0 Å². The molecule has 0 aliphatic carbocycles. The van der Waals surface area contributed by atoms with E-state index in [2.05, 4.69) is 15.5 Å². The summed E-state index contributed by atoms with van der Waals surface area (Å²) in [5.74, 6) is -0.0863. The topological polar surface area (TPSA) is 59.8 Å². The van der Waals surface area contributed by atoms with Crippen molar-refractivity contribution < 1.29 is 4.79 Å². The fourth-order valence-electron chi connectivity index (χ4n) is 2.14. The number of hydrogen-bond acceptors (Lipinski definition) is 4. The molecule has 0 saturated carbocycles. The summed E-state index contributed by atoms with van der Waals surface area (Å²) in [6.07, 6.45) is 1.67. The van der Waals surface area contributed by atoms with E-state index in [0.717, 1.165) is 10.7 Å². The van der Waals surface area contributed by atoms with Gasteiger partial charge in [0.25, 0.3) is 0 Å². The van der Waals surface area contributed by atoms with Crippen LogP contribution < -0.4 is 5.32 Å². The number of thioether (sulfide) groups is 1. The number of rotatable bonds is 6. The van der Waals surface area contributed by atoms with Crippen LogP contribution in [0.1, 0.15) is 45.3 Å². The molecule has 0 unspecified atom stereocenters. The van der Waals surface area contributed by atoms with Crippen LogP contribution in [0, 0.1) is 0 Å². The van der Waals surface area contributed by atoms with Crippen molar-refractivity contribution in [3.05, 3.63) is 40.1 Å². The van der Waals surface area contributed by atoms with Crippen LogP contribution in [0.2, 0.25) is 10.0 Å². The summed E-state index contributed by atoms with van der Waals surface area (Å²) in [5, 5.41) is 12.5. The monoisotopic (exact) mass is 386 g/mol. The number of nitrogens with zero attached hydrogens (tertiary/aromatic N) is 3. The summed E-state index contributed by atoms with van der Waals surface area (Å²) < 4.78 is 1.94. The maximum absolute atomic E-state index is 12.5. The van der Waals surface area contributed by atoms with Crippen LogP contribution in [0.4, 0.5) is 0 Å². The Morgan fingerprint density at radius 3 is 2.58 bits per heavy atom. The molecule has 0 radical (unpaired) electrons. The predicted octanol–water partition coefficient (Wildman–Crippen LogP) is 4.52. The minimum absolute atomic E-state index is 0.0863. The average Bonchev–Trinajstić information content (AvgIpc) is 2.95. The number of amides is 1. The average molecular weight is 387 g/mol. The number of benzene rings is 1. The van der Waals surface area contributed by atoms with Crippen LogP contribution in [0.5, 0.6) is 0 Å². The van der Waals surface area contributed by atoms with Gasteiger partial charge in [-0.15, -0.1) is 10.2 Å². The Labute approximate surface area is 156 Å². The van der Waals surface area contributed by atoms with Crippen LogP contribution >= 0.6 is 35.0 Å². The van der Waals surface area contributed by atoms with Gasteiger partial charge in [-0.25, -0.2) is 0 Å². The van der Waals surface area contributed by atoms with E-state index < -0.39 is 0 Å². The smallest absolute Gasteiger partial charge is 0.233 e. The minimum Gasteiger partial charge on any atom is -0.349 e. The van der Waals surface area contributed by atoms with Crippen LogP contribution in [-0.4, -0.2) is 25.9 Å². The molecule has 0 aliphatic rings. The Bertz CT molecular complexity index is 720. The molecule has 0 aliphatic heterocycles. The second-order valence-electron chi connectivity index (χ2n) is 5.77. The lowest BCUT2D eigenvalue weighted by molar-refractivity contribution is -0.120. The summed E-state index contributed by atoms with van der Waals surface area (Å²) in [6.45, 7) is 7.82. The Morgan fingerprint density at radius 2 is 1.96 bits per heavy atom. The molecule has 2 aromatic rings. The van der Waals surface area contributed by atoms with Gasteiger partial charge < -0.3 is 9.88 Å². The molecule has 24 heavy (non-hydrogen) atoms. The highest BCUT2D eigenvalue weighted by molar-refractivity contribution is 8.00. The molecule has 0 saturated heterocycles. The second-order valence-corrected chi connectivity index (χ2v) is 7.92. The van der Waals surface area contributed by atoms with Gasteiger partial charge >= 0.3 is 0 Å². The molecule has 2 atom stereocenters. The van der Waals surface area contributed by atoms with Gasteiger partial charge in [0, 0.05) is 16.1 Å². The third-order valence-corrected chi connectivity index (χ3v) is 5.17. The SMILES string of the molecule is CC(C)n1cnnc1S[C@@H](C)C(=O)N[C@@H](C)c1ccc(Cl)cc1Cl. The molecule has 130 valence electrons. The quantitative estimate of drug-likeness (QED) is 0.741. The van der Waals surface area contributed by atoms with Gasteiger partial charge in [0.15, 0.2) is 5.16 Å². The number of nitrogens with one attached hydrogen (secondary N) is 1. The molecule has 0 bridgehead atoms. The van der Waals surface area contributed by atoms with E-state index in [1.165, 1.54) is 11.8 Å². The van der Waals surface area contributed by atoms with Gasteiger partial charge in [-0.2, -0.15) is 0 Å². The van der Waals surface area contributed by atoms with Crippen LogP contribution in [0.3, 0.4) is 0 Å². The summed E-state index contributed by atoms with van der Waals surface area (Å²) >= 11 is 13.5. The first-order valence-electron chi connectivity index (χ1n) is 7.61. The molecule has 5 nitrogen and oxygen atoms in total. The number of aromatic nitrogens is 3. The maximum atomic E-state index is 12.5. The Kier molecular flexibility index (Phi) is 6.54. The molecule has 0 fully saturated rings. The third kappa shape index (κ3) is 4.65. The third-order valence-electron chi connectivity index (χ3n) is 3.54. The van der Waals surface area contributed by atoms with Crippen molar-refractivity contribution in [2.24, 2.45) is 0 Å². The fourth-order valence-corrected chi connectivity index (χ4v) is 3.68. The zero-order chi connectivity index (χ0) is 17.9. The summed E-state index contributed by atoms with van der Waals surface area (Å²) in [7, 11) is 0. The lowest BCUT2D eigenvalue weighted by atomic mass is 10.1. The maximum Gasteiger partial charge on any atom is 0.233 e. The molecule has 1 N–H and O–H groups in total. The molecule has 1 aromatic carbocycles. The van der Waals surface area contributed by atoms with Crippen molar-refractivity contribution in [3.8, 4) is 0 Å². The van der Waals surface area contributed by atoms with Crippen LogP contribution in [0.15, 0.2) is 29.7 Å². The minimum atomic E-state index is -0.305. The summed E-state index contributed by atoms with van der Waals surface area (Å²) in [6, 6.07) is 5.28. The molecule has 2 rings (SSSR count). The van der Waals surface area contributed by atoms with Gasteiger partial charge in [-0.1, -0.05) is 41.0 Å². The van der Waals surface area contributed by atoms with E-state index in [1.807, 2.05) is 38.3 Å². The van der Waals surface area contributed by atoms with Gasteiger partial charge in [-0.3, -0.25) is 4.79 Å². The fraction of sp³-hybridized carbons (Fsp3) is 0.438. The van der Waals surface area contributed by atoms with Gasteiger partial charge in [0.2, 0.25) is 5.91 Å². The molecule has 1 amide bonds. The van der Waals surface area contributed by atoms with E-state index in [4.69, 9.17) is 23.2 Å². The Balaban J connectivity index is 2.01. The lowest BCUT2D eigenvalue weighted by Crippen LogP contribution is -2.33. The Morgan fingerprint density at radius 1 is 1.25 bits per heavy atom. The summed E-state index contributed by atoms with van der Waals surface area (Å²) in [5.41, 5.74) is 0.831. The van der Waals surface area contributed by atoms with E-state index in [1.54, 1.807) is 18.5 Å². The zero-order valence-electron chi connectivity index (χ0n) is 14.0. The first-order chi connectivity index (χ1) is 11.3. The van der Waals surface area contributed by atoms with Crippen molar-refractivity contribution in [2.45, 2.75) is 50.2 Å². The second kappa shape index (κ2) is 8.23. The van der Waals surface area contributed by atoms with E-state index in [0.29, 0.717) is 10.0 Å². The van der Waals surface area contributed by atoms with Gasteiger partial charge in [-0.05, 0) is 45.4 Å².